The van der Waals surface area contributed by atoms with Gasteiger partial charge in [-0.2, -0.15) is 8.42 Å². The van der Waals surface area contributed by atoms with Gasteiger partial charge in [-0.15, -0.1) is 0 Å². The third kappa shape index (κ3) is 3.57. The molecule has 0 fully saturated rings. The second kappa shape index (κ2) is 7.12. The van der Waals surface area contributed by atoms with Gasteiger partial charge in [0.2, 0.25) is 0 Å². The number of ether oxygens (including phenoxy) is 2. The number of benzene rings is 3. The number of aryl methyl sites for hydroxylation is 3. The molecule has 0 spiro atoms. The Balaban J connectivity index is 2.19. The summed E-state index contributed by atoms with van der Waals surface area (Å²) in [5.74, 6) is 1.39. The Morgan fingerprint density at radius 3 is 2.00 bits per heavy atom. The molecule has 0 aliphatic rings. The van der Waals surface area contributed by atoms with E-state index >= 15 is 0 Å². The van der Waals surface area contributed by atoms with Crippen LogP contribution in [0.2, 0.25) is 0 Å². The predicted molar refractivity (Wildman–Crippen MR) is 106 cm³/mol. The molecule has 142 valence electrons. The zero-order valence-corrected chi connectivity index (χ0v) is 16.8. The van der Waals surface area contributed by atoms with Gasteiger partial charge in [-0.1, -0.05) is 23.8 Å². The number of rotatable bonds is 5. The van der Waals surface area contributed by atoms with Crippen LogP contribution in [0.15, 0.2) is 47.4 Å². The van der Waals surface area contributed by atoms with Crippen molar-refractivity contribution in [2.45, 2.75) is 25.7 Å². The second-order valence-electron chi connectivity index (χ2n) is 6.45. The minimum Gasteiger partial charge on any atom is -0.493 e. The van der Waals surface area contributed by atoms with Gasteiger partial charge >= 0.3 is 10.1 Å². The van der Waals surface area contributed by atoms with Crippen LogP contribution in [0, 0.1) is 20.8 Å². The molecule has 0 heterocycles. The lowest BCUT2D eigenvalue weighted by Gasteiger charge is -2.16. The Bertz CT molecular complexity index is 1100. The van der Waals surface area contributed by atoms with Gasteiger partial charge in [-0.05, 0) is 56.0 Å². The Morgan fingerprint density at radius 2 is 1.41 bits per heavy atom. The van der Waals surface area contributed by atoms with Gasteiger partial charge in [0.1, 0.15) is 4.90 Å². The second-order valence-corrected chi connectivity index (χ2v) is 7.99. The quantitative estimate of drug-likeness (QED) is 0.602. The number of methoxy groups -OCH3 is 2. The first-order valence-electron chi connectivity index (χ1n) is 8.44. The topological polar surface area (TPSA) is 61.8 Å². The van der Waals surface area contributed by atoms with Crippen LogP contribution < -0.4 is 13.7 Å². The van der Waals surface area contributed by atoms with Gasteiger partial charge in [0.25, 0.3) is 0 Å². The highest BCUT2D eigenvalue weighted by Gasteiger charge is 2.21. The van der Waals surface area contributed by atoms with Gasteiger partial charge in [-0.3, -0.25) is 0 Å². The van der Waals surface area contributed by atoms with Gasteiger partial charge < -0.3 is 13.7 Å². The summed E-state index contributed by atoms with van der Waals surface area (Å²) < 4.78 is 41.9. The smallest absolute Gasteiger partial charge is 0.339 e. The van der Waals surface area contributed by atoms with Crippen LogP contribution in [0.4, 0.5) is 0 Å². The molecular weight excluding hydrogens is 364 g/mol. The van der Waals surface area contributed by atoms with Gasteiger partial charge in [0.05, 0.1) is 14.2 Å². The molecule has 0 radical (unpaired) electrons. The van der Waals surface area contributed by atoms with Crippen LogP contribution in [0.3, 0.4) is 0 Å². The van der Waals surface area contributed by atoms with E-state index in [1.807, 2.05) is 26.8 Å². The molecule has 0 amide bonds. The van der Waals surface area contributed by atoms with Crippen LogP contribution in [0.5, 0.6) is 17.2 Å². The minimum absolute atomic E-state index is 0.111. The van der Waals surface area contributed by atoms with Crippen molar-refractivity contribution in [2.75, 3.05) is 14.2 Å². The van der Waals surface area contributed by atoms with Crippen molar-refractivity contribution in [1.29, 1.82) is 0 Å². The first-order valence-corrected chi connectivity index (χ1v) is 9.84. The fourth-order valence-electron chi connectivity index (χ4n) is 3.07. The molecule has 0 aliphatic carbocycles. The standard InChI is InChI=1S/C21H22O5S/c1-13-6-8-16(9-7-13)27(22,23)26-19-11-14(2)10-17-15(3)21(25-5)20(24-4)12-18(17)19/h6-12H,1-5H3. The monoisotopic (exact) mass is 386 g/mol. The molecule has 0 saturated heterocycles. The van der Waals surface area contributed by atoms with E-state index in [0.717, 1.165) is 22.1 Å². The summed E-state index contributed by atoms with van der Waals surface area (Å²) in [4.78, 5) is 0.111. The fraction of sp³-hybridized carbons (Fsp3) is 0.238. The highest BCUT2D eigenvalue weighted by atomic mass is 32.2. The third-order valence-corrected chi connectivity index (χ3v) is 5.71. The molecular formula is C21H22O5S. The van der Waals surface area contributed by atoms with E-state index in [0.29, 0.717) is 16.9 Å². The van der Waals surface area contributed by atoms with Crippen molar-refractivity contribution < 1.29 is 22.1 Å². The van der Waals surface area contributed by atoms with Crippen molar-refractivity contribution >= 4 is 20.9 Å². The van der Waals surface area contributed by atoms with E-state index in [-0.39, 0.29) is 10.6 Å². The van der Waals surface area contributed by atoms with Gasteiger partial charge in [-0.25, -0.2) is 0 Å². The zero-order valence-electron chi connectivity index (χ0n) is 16.0. The average molecular weight is 386 g/mol. The van der Waals surface area contributed by atoms with E-state index in [1.165, 1.54) is 12.1 Å². The van der Waals surface area contributed by atoms with Gasteiger partial charge in [0, 0.05) is 10.9 Å². The molecule has 27 heavy (non-hydrogen) atoms. The molecule has 6 heteroatoms. The normalized spacial score (nSPS) is 11.4. The highest BCUT2D eigenvalue weighted by Crippen LogP contribution is 2.41. The van der Waals surface area contributed by atoms with Gasteiger partial charge in [0.15, 0.2) is 17.2 Å². The third-order valence-electron chi connectivity index (χ3n) is 4.46. The van der Waals surface area contributed by atoms with Crippen molar-refractivity contribution in [1.82, 2.24) is 0 Å². The Hall–Kier alpha value is -2.73. The maximum Gasteiger partial charge on any atom is 0.339 e. The lowest BCUT2D eigenvalue weighted by atomic mass is 10.0. The van der Waals surface area contributed by atoms with Crippen LogP contribution in [0.25, 0.3) is 10.8 Å². The van der Waals surface area contributed by atoms with Crippen molar-refractivity contribution in [3.05, 3.63) is 59.2 Å². The Kier molecular flexibility index (Phi) is 5.02. The SMILES string of the molecule is COc1cc2c(OS(=O)(=O)c3ccc(C)cc3)cc(C)cc2c(C)c1OC. The molecule has 0 aromatic heterocycles. The molecule has 0 atom stereocenters. The summed E-state index contributed by atoms with van der Waals surface area (Å²) in [6.45, 7) is 5.69. The molecule has 0 bridgehead atoms. The fourth-order valence-corrected chi connectivity index (χ4v) is 4.01. The summed E-state index contributed by atoms with van der Waals surface area (Å²) in [5, 5.41) is 1.49. The largest absolute Gasteiger partial charge is 0.493 e. The number of hydrogen-bond acceptors (Lipinski definition) is 5. The van der Waals surface area contributed by atoms with Crippen molar-refractivity contribution in [2.24, 2.45) is 0 Å². The van der Waals surface area contributed by atoms with Crippen LogP contribution >= 0.6 is 0 Å². The van der Waals surface area contributed by atoms with Crippen LogP contribution in [-0.4, -0.2) is 22.6 Å². The molecule has 0 unspecified atom stereocenters. The molecule has 0 saturated carbocycles. The number of fused-ring (bicyclic) bond motifs is 1. The zero-order chi connectivity index (χ0) is 19.8. The molecule has 0 aliphatic heterocycles. The lowest BCUT2D eigenvalue weighted by Crippen LogP contribution is -2.10. The lowest BCUT2D eigenvalue weighted by molar-refractivity contribution is 0.354. The minimum atomic E-state index is -3.96. The first-order chi connectivity index (χ1) is 12.8. The predicted octanol–water partition coefficient (Wildman–Crippen LogP) is 4.55. The van der Waals surface area contributed by atoms with E-state index in [2.05, 4.69) is 0 Å². The molecule has 0 N–H and O–H groups in total. The molecule has 3 rings (SSSR count). The highest BCUT2D eigenvalue weighted by molar-refractivity contribution is 7.87. The molecule has 3 aromatic carbocycles. The maximum atomic E-state index is 12.8. The van der Waals surface area contributed by atoms with E-state index < -0.39 is 10.1 Å². The summed E-state index contributed by atoms with van der Waals surface area (Å²) in [7, 11) is -0.841. The molecule has 5 nitrogen and oxygen atoms in total. The van der Waals surface area contributed by atoms with Crippen LogP contribution in [0.1, 0.15) is 16.7 Å². The Labute approximate surface area is 159 Å². The number of hydrogen-bond donors (Lipinski definition) is 0. The van der Waals surface area contributed by atoms with Crippen LogP contribution in [-0.2, 0) is 10.1 Å². The first kappa shape index (κ1) is 19.0. The Morgan fingerprint density at radius 1 is 0.741 bits per heavy atom. The summed E-state index contributed by atoms with van der Waals surface area (Å²) in [5.41, 5.74) is 2.71. The summed E-state index contributed by atoms with van der Waals surface area (Å²) >= 11 is 0. The van der Waals surface area contributed by atoms with E-state index in [4.69, 9.17) is 13.7 Å². The van der Waals surface area contributed by atoms with Crippen molar-refractivity contribution in [3.63, 3.8) is 0 Å². The summed E-state index contributed by atoms with van der Waals surface area (Å²) in [6.07, 6.45) is 0. The van der Waals surface area contributed by atoms with E-state index in [9.17, 15) is 8.42 Å². The summed E-state index contributed by atoms with van der Waals surface area (Å²) in [6, 6.07) is 12.0. The van der Waals surface area contributed by atoms with Crippen molar-refractivity contribution in [3.8, 4) is 17.2 Å². The average Bonchev–Trinajstić information content (AvgIpc) is 2.62. The van der Waals surface area contributed by atoms with E-state index in [1.54, 1.807) is 38.5 Å². The maximum absolute atomic E-state index is 12.8. The molecule has 3 aromatic rings.